The van der Waals surface area contributed by atoms with Crippen molar-refractivity contribution in [2.24, 2.45) is 0 Å². The highest BCUT2D eigenvalue weighted by molar-refractivity contribution is 5.98. The molecule has 0 spiro atoms. The van der Waals surface area contributed by atoms with Crippen LogP contribution in [0.5, 0.6) is 0 Å². The van der Waals surface area contributed by atoms with E-state index in [2.05, 4.69) is 0 Å². The number of aliphatic hydroxyl groups is 1. The number of carboxylic acids is 1. The molecule has 29 nitrogen and oxygen atoms in total. The second kappa shape index (κ2) is 37.8. The molecule has 0 amide bonds. The highest BCUT2D eigenvalue weighted by Gasteiger charge is 2.20. The van der Waals surface area contributed by atoms with Crippen molar-refractivity contribution in [2.75, 3.05) is 92.5 Å². The number of carboxylic acid groups (broad SMARTS) is 1. The largest absolute Gasteiger partial charge is 0.478 e. The number of hydrogen-bond acceptors (Lipinski definition) is 28. The van der Waals surface area contributed by atoms with Crippen LogP contribution in [0.1, 0.15) is 145 Å². The first-order chi connectivity index (χ1) is 47.8. The molecule has 0 aliphatic heterocycles. The summed E-state index contributed by atoms with van der Waals surface area (Å²) in [5.41, 5.74) is 1.07. The van der Waals surface area contributed by atoms with Crippen molar-refractivity contribution in [1.29, 1.82) is 0 Å². The Morgan fingerprint density at radius 3 is 0.354 bits per heavy atom. The molecule has 99 heavy (non-hydrogen) atoms. The van der Waals surface area contributed by atoms with Crippen LogP contribution in [0.2, 0.25) is 0 Å². The molecule has 7 aromatic rings. The Morgan fingerprint density at radius 1 is 0.172 bits per heavy atom. The zero-order valence-electron chi connectivity index (χ0n) is 52.0. The van der Waals surface area contributed by atoms with E-state index >= 15 is 0 Å². The summed E-state index contributed by atoms with van der Waals surface area (Å²) in [5.74, 6) is -11.2. The van der Waals surface area contributed by atoms with Gasteiger partial charge in [0.25, 0.3) is 0 Å². The van der Waals surface area contributed by atoms with Crippen LogP contribution < -0.4 is 0 Å². The Balaban J connectivity index is 0.687. The van der Waals surface area contributed by atoms with E-state index in [0.29, 0.717) is 0 Å². The SMILES string of the molecule is O=C(O)c1ccc(C(=O)OCCOC(=O)c2ccc(C(=O)OCCOC(=O)c3ccc(C(=O)OCCOC(=O)c4ccc(C(=O)OCCOC(=O)c5ccc(C(=O)OCCOC(=O)c6ccc(C(=O)OCCOC(=O)c7ccc(C(=O)OCCO)cc7)cc6)cc5)cc4)cc3)cc2)cc1. The van der Waals surface area contributed by atoms with Gasteiger partial charge in [-0.3, -0.25) is 0 Å². The summed E-state index contributed by atoms with van der Waals surface area (Å²) < 4.78 is 66.3. The maximum Gasteiger partial charge on any atom is 0.338 e. The minimum absolute atomic E-state index is 0.00628. The lowest BCUT2D eigenvalue weighted by Crippen LogP contribution is -2.16. The molecule has 0 heterocycles. The first kappa shape index (κ1) is 73.5. The number of hydrogen-bond donors (Lipinski definition) is 2. The Morgan fingerprint density at radius 2 is 0.263 bits per heavy atom. The predicted molar refractivity (Wildman–Crippen MR) is 333 cm³/mol. The normalized spacial score (nSPS) is 10.4. The molecular weight excluding hydrogens is 1300 g/mol. The van der Waals surface area contributed by atoms with Gasteiger partial charge in [-0.2, -0.15) is 0 Å². The molecule has 0 aliphatic rings. The summed E-state index contributed by atoms with van der Waals surface area (Å²) in [7, 11) is 0. The quantitative estimate of drug-likeness (QED) is 0.0243. The molecule has 7 aromatic carbocycles. The second-order valence-electron chi connectivity index (χ2n) is 19.8. The number of aliphatic hydroxyl groups excluding tert-OH is 1. The third-order valence-electron chi connectivity index (χ3n) is 13.1. The number of carbonyl (C=O) groups excluding carboxylic acids is 13. The van der Waals surface area contributed by atoms with Crippen LogP contribution >= 0.6 is 0 Å². The van der Waals surface area contributed by atoms with E-state index in [4.69, 9.17) is 71.8 Å². The van der Waals surface area contributed by atoms with Gasteiger partial charge in [0.2, 0.25) is 0 Å². The summed E-state index contributed by atoms with van der Waals surface area (Å²) >= 11 is 0. The van der Waals surface area contributed by atoms with Gasteiger partial charge in [0.15, 0.2) is 0 Å². The lowest BCUT2D eigenvalue weighted by atomic mass is 10.1. The summed E-state index contributed by atoms with van der Waals surface area (Å²) in [5, 5.41) is 17.7. The van der Waals surface area contributed by atoms with E-state index in [1.807, 2.05) is 0 Å². The van der Waals surface area contributed by atoms with E-state index in [0.717, 1.165) is 0 Å². The Bertz CT molecular complexity index is 4030. The van der Waals surface area contributed by atoms with Gasteiger partial charge in [-0.25, -0.2) is 67.1 Å². The van der Waals surface area contributed by atoms with Crippen LogP contribution in [-0.2, 0) is 61.6 Å². The van der Waals surface area contributed by atoms with Crippen LogP contribution in [-0.4, -0.2) is 186 Å². The molecule has 0 bridgehead atoms. The second-order valence-corrected chi connectivity index (χ2v) is 19.8. The molecule has 0 aromatic heterocycles. The van der Waals surface area contributed by atoms with E-state index in [-0.39, 0.29) is 170 Å². The third-order valence-corrected chi connectivity index (χ3v) is 13.1. The molecule has 2 N–H and O–H groups in total. The summed E-state index contributed by atoms with van der Waals surface area (Å²) in [6, 6.07) is 36.6. The van der Waals surface area contributed by atoms with Crippen LogP contribution in [0.15, 0.2) is 170 Å². The van der Waals surface area contributed by atoms with Gasteiger partial charge < -0.3 is 71.8 Å². The monoisotopic (exact) mass is 1360 g/mol. The minimum Gasteiger partial charge on any atom is -0.478 e. The molecule has 0 atom stereocenters. The fourth-order valence-electron chi connectivity index (χ4n) is 8.04. The first-order valence-corrected chi connectivity index (χ1v) is 29.6. The van der Waals surface area contributed by atoms with Crippen molar-refractivity contribution >= 4 is 83.6 Å². The molecule has 0 aliphatic carbocycles. The average molecular weight is 1360 g/mol. The number of benzene rings is 7. The third kappa shape index (κ3) is 23.2. The van der Waals surface area contributed by atoms with Crippen molar-refractivity contribution < 1.29 is 139 Å². The highest BCUT2D eigenvalue weighted by atomic mass is 16.6. The molecule has 512 valence electrons. The maximum absolute atomic E-state index is 12.6. The van der Waals surface area contributed by atoms with Crippen molar-refractivity contribution in [3.8, 4) is 0 Å². The van der Waals surface area contributed by atoms with E-state index in [1.165, 1.54) is 170 Å². The van der Waals surface area contributed by atoms with Gasteiger partial charge in [0.1, 0.15) is 85.9 Å². The smallest absolute Gasteiger partial charge is 0.338 e. The fourth-order valence-corrected chi connectivity index (χ4v) is 8.04. The van der Waals surface area contributed by atoms with E-state index in [9.17, 15) is 67.1 Å². The predicted octanol–water partition coefficient (Wildman–Crippen LogP) is 6.62. The average Bonchev–Trinajstić information content (AvgIpc) is 1.02. The van der Waals surface area contributed by atoms with Crippen molar-refractivity contribution in [2.45, 2.75) is 0 Å². The Labute approximate surface area is 560 Å². The molecule has 0 saturated heterocycles. The molecular formula is C70H58O29. The fraction of sp³-hybridized carbons (Fsp3) is 0.200. The zero-order chi connectivity index (χ0) is 71.1. The van der Waals surface area contributed by atoms with Crippen LogP contribution in [0.3, 0.4) is 0 Å². The van der Waals surface area contributed by atoms with Gasteiger partial charge in [-0.15, -0.1) is 0 Å². The van der Waals surface area contributed by atoms with Crippen molar-refractivity contribution in [3.05, 3.63) is 248 Å². The van der Waals surface area contributed by atoms with Crippen molar-refractivity contribution in [3.63, 3.8) is 0 Å². The van der Waals surface area contributed by atoms with Gasteiger partial charge in [0.05, 0.1) is 84.5 Å². The number of ether oxygens (including phenoxy) is 13. The number of aromatic carboxylic acids is 1. The van der Waals surface area contributed by atoms with E-state index < -0.39 is 83.6 Å². The van der Waals surface area contributed by atoms with Crippen LogP contribution in [0, 0.1) is 0 Å². The number of rotatable bonds is 34. The summed E-state index contributed by atoms with van der Waals surface area (Å²) in [6.07, 6.45) is 0. The zero-order valence-corrected chi connectivity index (χ0v) is 52.0. The lowest BCUT2D eigenvalue weighted by molar-refractivity contribution is 0.0260. The van der Waals surface area contributed by atoms with Gasteiger partial charge in [0, 0.05) is 0 Å². The summed E-state index contributed by atoms with van der Waals surface area (Å²) in [6.45, 7) is -4.25. The molecule has 0 fully saturated rings. The number of esters is 13. The van der Waals surface area contributed by atoms with Gasteiger partial charge >= 0.3 is 83.6 Å². The highest BCUT2D eigenvalue weighted by Crippen LogP contribution is 2.16. The Hall–Kier alpha value is -12.9. The van der Waals surface area contributed by atoms with Crippen LogP contribution in [0.4, 0.5) is 0 Å². The molecule has 0 saturated carbocycles. The summed E-state index contributed by atoms with van der Waals surface area (Å²) in [4.78, 5) is 173. The van der Waals surface area contributed by atoms with Crippen LogP contribution in [0.25, 0.3) is 0 Å². The van der Waals surface area contributed by atoms with Gasteiger partial charge in [-0.1, -0.05) is 0 Å². The lowest BCUT2D eigenvalue weighted by Gasteiger charge is -2.09. The molecule has 0 radical (unpaired) electrons. The van der Waals surface area contributed by atoms with E-state index in [1.54, 1.807) is 0 Å². The number of carbonyl (C=O) groups is 14. The minimum atomic E-state index is -1.15. The molecule has 0 unspecified atom stereocenters. The standard InChI is InChI=1S/C70H58O29/c71-29-30-87-58(74)45-5-7-46(8-6-45)60(76)90-33-34-91-62(78)49-13-15-50(16-14-49)64(80)94-37-38-95-66(82)53-21-23-54(24-22-53)68(84)98-41-42-99-70(86)56-27-25-55(26-28-56)69(85)97-40-39-96-67(83)52-19-17-51(18-20-52)65(81)93-36-35-92-63(79)48-11-9-47(10-12-48)61(77)89-32-31-88-59(75)44-3-1-43(2-4-44)57(72)73/h1-28,71H,29-42H2,(H,72,73). The van der Waals surface area contributed by atoms with Crippen molar-refractivity contribution in [1.82, 2.24) is 0 Å². The maximum atomic E-state index is 12.6. The topological polar surface area (TPSA) is 399 Å². The molecule has 7 rings (SSSR count). The Kier molecular flexibility index (Phi) is 28.1. The molecule has 29 heteroatoms. The first-order valence-electron chi connectivity index (χ1n) is 29.6. The van der Waals surface area contributed by atoms with Gasteiger partial charge in [-0.05, 0) is 170 Å².